The highest BCUT2D eigenvalue weighted by Gasteiger charge is 2.44. The molecule has 1 unspecified atom stereocenters. The molecule has 0 saturated carbocycles. The first-order valence-corrected chi connectivity index (χ1v) is 11.2. The molecule has 0 aliphatic carbocycles. The highest BCUT2D eigenvalue weighted by molar-refractivity contribution is 6.23. The van der Waals surface area contributed by atoms with Crippen LogP contribution in [0.2, 0.25) is 0 Å². The Kier molecular flexibility index (Phi) is 7.10. The molecule has 0 spiro atoms. The molecule has 1 saturated heterocycles. The van der Waals surface area contributed by atoms with Gasteiger partial charge in [-0.2, -0.15) is 0 Å². The fraction of sp³-hybridized carbons (Fsp3) is 0.222. The maximum atomic E-state index is 13.5. The summed E-state index contributed by atoms with van der Waals surface area (Å²) in [5, 5.41) is 0. The van der Waals surface area contributed by atoms with Gasteiger partial charge < -0.3 is 14.4 Å². The molecular weight excluding hydrogens is 451 g/mol. The van der Waals surface area contributed by atoms with Crippen LogP contribution in [-0.2, 0) is 16.1 Å². The second-order valence-corrected chi connectivity index (χ2v) is 8.00. The van der Waals surface area contributed by atoms with Gasteiger partial charge in [0.25, 0.3) is 11.8 Å². The molecular formula is C27H25FN2O5. The van der Waals surface area contributed by atoms with Crippen molar-refractivity contribution in [2.45, 2.75) is 25.9 Å². The van der Waals surface area contributed by atoms with Crippen molar-refractivity contribution in [3.8, 4) is 11.5 Å². The van der Waals surface area contributed by atoms with Crippen LogP contribution in [0.3, 0.4) is 0 Å². The average molecular weight is 477 g/mol. The third-order valence-corrected chi connectivity index (χ3v) is 5.77. The number of methoxy groups -OCH3 is 1. The number of ether oxygens (including phenoxy) is 2. The Hall–Kier alpha value is -4.20. The predicted octanol–water partition coefficient (Wildman–Crippen LogP) is 4.21. The van der Waals surface area contributed by atoms with Gasteiger partial charge in [0.05, 0.1) is 25.8 Å². The van der Waals surface area contributed by atoms with E-state index in [1.54, 1.807) is 60.7 Å². The van der Waals surface area contributed by atoms with Crippen molar-refractivity contribution in [3.63, 3.8) is 0 Å². The Morgan fingerprint density at radius 2 is 1.60 bits per heavy atom. The zero-order chi connectivity index (χ0) is 24.9. The first-order chi connectivity index (χ1) is 16.9. The third kappa shape index (κ3) is 5.16. The Morgan fingerprint density at radius 3 is 2.20 bits per heavy atom. The maximum absolute atomic E-state index is 13.5. The van der Waals surface area contributed by atoms with Gasteiger partial charge in [-0.15, -0.1) is 0 Å². The molecule has 1 aliphatic rings. The molecule has 180 valence electrons. The first-order valence-electron chi connectivity index (χ1n) is 11.2. The van der Waals surface area contributed by atoms with E-state index in [0.717, 1.165) is 4.90 Å². The lowest BCUT2D eigenvalue weighted by Crippen LogP contribution is -2.45. The van der Waals surface area contributed by atoms with Gasteiger partial charge in [0, 0.05) is 12.1 Å². The number of hydrogen-bond donors (Lipinski definition) is 0. The van der Waals surface area contributed by atoms with E-state index in [2.05, 4.69) is 0 Å². The number of amides is 3. The molecule has 7 nitrogen and oxygen atoms in total. The van der Waals surface area contributed by atoms with Crippen molar-refractivity contribution < 1.29 is 28.2 Å². The van der Waals surface area contributed by atoms with Crippen molar-refractivity contribution in [1.29, 1.82) is 0 Å². The molecule has 4 rings (SSSR count). The summed E-state index contributed by atoms with van der Waals surface area (Å²) in [5.41, 5.74) is 1.38. The van der Waals surface area contributed by atoms with Crippen molar-refractivity contribution in [2.75, 3.05) is 18.6 Å². The second kappa shape index (κ2) is 10.4. The number of anilines is 1. The summed E-state index contributed by atoms with van der Waals surface area (Å²) in [4.78, 5) is 42.4. The van der Waals surface area contributed by atoms with Crippen LogP contribution < -0.4 is 14.4 Å². The summed E-state index contributed by atoms with van der Waals surface area (Å²) in [7, 11) is 1.52. The van der Waals surface area contributed by atoms with Crippen molar-refractivity contribution in [2.24, 2.45) is 0 Å². The fourth-order valence-corrected chi connectivity index (χ4v) is 4.00. The zero-order valence-electron chi connectivity index (χ0n) is 19.4. The van der Waals surface area contributed by atoms with E-state index in [1.807, 2.05) is 6.92 Å². The predicted molar refractivity (Wildman–Crippen MR) is 128 cm³/mol. The van der Waals surface area contributed by atoms with Crippen molar-refractivity contribution in [3.05, 3.63) is 89.7 Å². The van der Waals surface area contributed by atoms with E-state index < -0.39 is 29.6 Å². The Balaban J connectivity index is 1.65. The molecule has 1 fully saturated rings. The molecule has 3 amide bonds. The van der Waals surface area contributed by atoms with E-state index in [-0.39, 0.29) is 13.0 Å². The van der Waals surface area contributed by atoms with E-state index in [0.29, 0.717) is 34.9 Å². The number of carbonyl (C=O) groups is 3. The number of imide groups is 1. The topological polar surface area (TPSA) is 76.2 Å². The number of halogens is 1. The molecule has 8 heteroatoms. The first kappa shape index (κ1) is 23.9. The minimum absolute atomic E-state index is 0.0337. The molecule has 0 aromatic heterocycles. The number of carbonyl (C=O) groups excluding carboxylic acids is 3. The van der Waals surface area contributed by atoms with Crippen LogP contribution in [0, 0.1) is 5.82 Å². The molecule has 0 bridgehead atoms. The minimum Gasteiger partial charge on any atom is -0.497 e. The van der Waals surface area contributed by atoms with Crippen LogP contribution in [0.5, 0.6) is 11.5 Å². The normalized spacial score (nSPS) is 15.3. The van der Waals surface area contributed by atoms with Crippen molar-refractivity contribution >= 4 is 23.4 Å². The second-order valence-electron chi connectivity index (χ2n) is 8.00. The molecule has 1 heterocycles. The zero-order valence-corrected chi connectivity index (χ0v) is 19.4. The quantitative estimate of drug-likeness (QED) is 0.456. The van der Waals surface area contributed by atoms with E-state index in [9.17, 15) is 18.8 Å². The van der Waals surface area contributed by atoms with Gasteiger partial charge >= 0.3 is 0 Å². The van der Waals surface area contributed by atoms with E-state index in [1.165, 1.54) is 24.1 Å². The van der Waals surface area contributed by atoms with Crippen LogP contribution in [0.15, 0.2) is 72.8 Å². The largest absolute Gasteiger partial charge is 0.497 e. The number of nitrogens with zero attached hydrogens (tertiary/aromatic N) is 2. The summed E-state index contributed by atoms with van der Waals surface area (Å²) in [6.45, 7) is 2.39. The van der Waals surface area contributed by atoms with Gasteiger partial charge in [-0.3, -0.25) is 14.4 Å². The maximum Gasteiger partial charge on any atom is 0.257 e. The average Bonchev–Trinajstić information content (AvgIpc) is 3.17. The molecule has 1 aliphatic heterocycles. The highest BCUT2D eigenvalue weighted by atomic mass is 19.1. The highest BCUT2D eigenvalue weighted by Crippen LogP contribution is 2.29. The van der Waals surface area contributed by atoms with Crippen LogP contribution in [0.1, 0.15) is 29.3 Å². The lowest BCUT2D eigenvalue weighted by molar-refractivity contribution is -0.122. The molecule has 3 aromatic carbocycles. The van der Waals surface area contributed by atoms with Gasteiger partial charge in [0.1, 0.15) is 23.4 Å². The SMILES string of the molecule is CCOc1ccc(N2C(=O)CC(N(Cc3ccc(F)cc3)C(=O)c3ccc(OC)cc3)C2=O)cc1. The monoisotopic (exact) mass is 476 g/mol. The van der Waals surface area contributed by atoms with Gasteiger partial charge in [-0.1, -0.05) is 12.1 Å². The van der Waals surface area contributed by atoms with Crippen LogP contribution in [0.4, 0.5) is 10.1 Å². The lowest BCUT2D eigenvalue weighted by Gasteiger charge is -2.28. The summed E-state index contributed by atoms with van der Waals surface area (Å²) >= 11 is 0. The van der Waals surface area contributed by atoms with Crippen molar-refractivity contribution in [1.82, 2.24) is 4.90 Å². The van der Waals surface area contributed by atoms with Crippen LogP contribution in [-0.4, -0.2) is 42.4 Å². The summed E-state index contributed by atoms with van der Waals surface area (Å²) < 4.78 is 24.0. The molecule has 3 aromatic rings. The summed E-state index contributed by atoms with van der Waals surface area (Å²) in [5.74, 6) is -0.522. The smallest absolute Gasteiger partial charge is 0.257 e. The van der Waals surface area contributed by atoms with E-state index >= 15 is 0 Å². The molecule has 0 N–H and O–H groups in total. The lowest BCUT2D eigenvalue weighted by atomic mass is 10.1. The van der Waals surface area contributed by atoms with Gasteiger partial charge in [-0.25, -0.2) is 9.29 Å². The van der Waals surface area contributed by atoms with Crippen LogP contribution >= 0.6 is 0 Å². The molecule has 0 radical (unpaired) electrons. The molecule has 35 heavy (non-hydrogen) atoms. The Morgan fingerprint density at radius 1 is 0.971 bits per heavy atom. The number of rotatable bonds is 8. The third-order valence-electron chi connectivity index (χ3n) is 5.77. The minimum atomic E-state index is -1.01. The molecule has 1 atom stereocenters. The fourth-order valence-electron chi connectivity index (χ4n) is 4.00. The Bertz CT molecular complexity index is 1210. The number of hydrogen-bond acceptors (Lipinski definition) is 5. The Labute approximate surface area is 202 Å². The van der Waals surface area contributed by atoms with Gasteiger partial charge in [-0.05, 0) is 73.2 Å². The van der Waals surface area contributed by atoms with E-state index in [4.69, 9.17) is 9.47 Å². The van der Waals surface area contributed by atoms with Gasteiger partial charge in [0.2, 0.25) is 5.91 Å². The number of benzene rings is 3. The van der Waals surface area contributed by atoms with Crippen LogP contribution in [0.25, 0.3) is 0 Å². The standard InChI is InChI=1S/C27H25FN2O5/c1-3-35-23-14-10-21(11-15-23)30-25(31)16-24(27(30)33)29(17-18-4-8-20(28)9-5-18)26(32)19-6-12-22(34-2)13-7-19/h4-15,24H,3,16-17H2,1-2H3. The summed E-state index contributed by atoms with van der Waals surface area (Å²) in [6, 6.07) is 17.8. The van der Waals surface area contributed by atoms with Gasteiger partial charge in [0.15, 0.2) is 0 Å². The summed E-state index contributed by atoms with van der Waals surface area (Å²) in [6.07, 6.45) is -0.158.